The average Bonchev–Trinajstić information content (AvgIpc) is 3.15. The van der Waals surface area contributed by atoms with Crippen molar-refractivity contribution in [3.63, 3.8) is 0 Å². The maximum absolute atomic E-state index is 12.3. The van der Waals surface area contributed by atoms with Crippen LogP contribution in [0, 0.1) is 0 Å². The fourth-order valence-electron chi connectivity index (χ4n) is 2.62. The molecule has 8 nitrogen and oxygen atoms in total. The lowest BCUT2D eigenvalue weighted by Gasteiger charge is -2.09. The number of ether oxygens (including phenoxy) is 1. The molecule has 2 aromatic heterocycles. The van der Waals surface area contributed by atoms with Crippen LogP contribution in [0.2, 0.25) is 0 Å². The Labute approximate surface area is 171 Å². The monoisotopic (exact) mass is 412 g/mol. The number of pyridine rings is 1. The molecule has 29 heavy (non-hydrogen) atoms. The number of aromatic nitrogens is 3. The van der Waals surface area contributed by atoms with Crippen LogP contribution in [0.1, 0.15) is 16.1 Å². The third-order valence-electron chi connectivity index (χ3n) is 4.02. The summed E-state index contributed by atoms with van der Waals surface area (Å²) in [4.78, 5) is 28.3. The molecule has 1 amide bonds. The van der Waals surface area contributed by atoms with Crippen molar-refractivity contribution in [2.45, 2.75) is 18.0 Å². The number of rotatable bonds is 8. The van der Waals surface area contributed by atoms with Gasteiger partial charge in [-0.3, -0.25) is 9.48 Å². The number of aryl methyl sites for hydroxylation is 2. The first-order valence-electron chi connectivity index (χ1n) is 8.86. The second-order valence-electron chi connectivity index (χ2n) is 6.09. The molecule has 0 saturated heterocycles. The summed E-state index contributed by atoms with van der Waals surface area (Å²) in [6, 6.07) is 14.8. The van der Waals surface area contributed by atoms with Gasteiger partial charge in [-0.05, 0) is 18.1 Å². The van der Waals surface area contributed by atoms with Crippen LogP contribution in [0.25, 0.3) is 0 Å². The highest BCUT2D eigenvalue weighted by atomic mass is 32.2. The Hall–Kier alpha value is -3.17. The van der Waals surface area contributed by atoms with Crippen molar-refractivity contribution >= 4 is 28.7 Å². The summed E-state index contributed by atoms with van der Waals surface area (Å²) in [5.74, 6) is -1.46. The lowest BCUT2D eigenvalue weighted by atomic mass is 10.1. The summed E-state index contributed by atoms with van der Waals surface area (Å²) in [6.07, 6.45) is 3.79. The molecule has 1 aromatic carbocycles. The Kier molecular flexibility index (Phi) is 6.99. The molecule has 0 fully saturated rings. The van der Waals surface area contributed by atoms with Gasteiger partial charge in [0.1, 0.15) is 0 Å². The lowest BCUT2D eigenvalue weighted by molar-refractivity contribution is -0.113. The van der Waals surface area contributed by atoms with Gasteiger partial charge in [0.05, 0.1) is 12.8 Å². The van der Waals surface area contributed by atoms with E-state index in [-0.39, 0.29) is 17.1 Å². The van der Waals surface area contributed by atoms with E-state index in [0.29, 0.717) is 18.0 Å². The maximum atomic E-state index is 12.3. The van der Waals surface area contributed by atoms with E-state index in [4.69, 9.17) is 4.74 Å². The van der Waals surface area contributed by atoms with Gasteiger partial charge in [-0.2, -0.15) is 5.10 Å². The number of hydrogen-bond acceptors (Lipinski definition) is 6. The molecule has 2 heterocycles. The molecule has 0 spiro atoms. The van der Waals surface area contributed by atoms with E-state index in [1.807, 2.05) is 30.3 Å². The largest absolute Gasteiger partial charge is 0.610 e. The molecule has 9 heteroatoms. The Morgan fingerprint density at radius 3 is 2.62 bits per heavy atom. The van der Waals surface area contributed by atoms with Crippen molar-refractivity contribution in [3.05, 3.63) is 72.2 Å². The van der Waals surface area contributed by atoms with Gasteiger partial charge < -0.3 is 14.6 Å². The van der Waals surface area contributed by atoms with E-state index in [0.717, 1.165) is 5.56 Å². The predicted octanol–water partition coefficient (Wildman–Crippen LogP) is 2.05. The number of benzene rings is 1. The summed E-state index contributed by atoms with van der Waals surface area (Å²) in [5, 5.41) is 7.14. The van der Waals surface area contributed by atoms with Crippen LogP contribution >= 0.6 is 0 Å². The molecule has 150 valence electrons. The Bertz CT molecular complexity index is 963. The van der Waals surface area contributed by atoms with Crippen molar-refractivity contribution in [1.82, 2.24) is 14.8 Å². The number of methoxy groups -OCH3 is 1. The minimum absolute atomic E-state index is 0.00229. The zero-order valence-electron chi connectivity index (χ0n) is 15.8. The molecule has 3 aromatic rings. The first kappa shape index (κ1) is 20.6. The molecule has 0 aliphatic rings. The molecule has 0 radical (unpaired) electrons. The normalized spacial score (nSPS) is 11.7. The third-order valence-corrected chi connectivity index (χ3v) is 5.25. The smallest absolute Gasteiger partial charge is 0.360 e. The fourth-order valence-corrected chi connectivity index (χ4v) is 3.49. The molecule has 0 aliphatic carbocycles. The van der Waals surface area contributed by atoms with E-state index in [1.165, 1.54) is 13.3 Å². The van der Waals surface area contributed by atoms with E-state index in [9.17, 15) is 14.1 Å². The van der Waals surface area contributed by atoms with E-state index >= 15 is 0 Å². The van der Waals surface area contributed by atoms with Crippen molar-refractivity contribution in [2.75, 3.05) is 18.2 Å². The van der Waals surface area contributed by atoms with Crippen LogP contribution in [-0.4, -0.2) is 44.1 Å². The third kappa shape index (κ3) is 5.66. The van der Waals surface area contributed by atoms with Crippen LogP contribution in [0.4, 0.5) is 5.69 Å². The second kappa shape index (κ2) is 9.85. The summed E-state index contributed by atoms with van der Waals surface area (Å²) in [6.45, 7) is 0.518. The number of hydrogen-bond donors (Lipinski definition) is 1. The molecule has 0 bridgehead atoms. The van der Waals surface area contributed by atoms with Crippen LogP contribution in [-0.2, 0) is 33.7 Å². The highest BCUT2D eigenvalue weighted by molar-refractivity contribution is 7.92. The van der Waals surface area contributed by atoms with Crippen molar-refractivity contribution in [2.24, 2.45) is 0 Å². The molecule has 0 aliphatic heterocycles. The first-order valence-corrected chi connectivity index (χ1v) is 10.2. The van der Waals surface area contributed by atoms with Gasteiger partial charge in [0.2, 0.25) is 5.03 Å². The maximum Gasteiger partial charge on any atom is 0.360 e. The van der Waals surface area contributed by atoms with Crippen LogP contribution < -0.4 is 5.32 Å². The standard InChI is InChI=1S/C20H20N4O4S/c1-28-20(26)19-16(13-24(23-19)12-10-15-7-3-2-4-8-15)22-17(25)14-29(27)18-9-5-6-11-21-18/h2-9,11,13H,10,12,14H2,1H3,(H,22,25). The van der Waals surface area contributed by atoms with Gasteiger partial charge in [-0.25, -0.2) is 9.78 Å². The number of anilines is 1. The van der Waals surface area contributed by atoms with Crippen molar-refractivity contribution in [1.29, 1.82) is 0 Å². The topological polar surface area (TPSA) is 109 Å². The quantitative estimate of drug-likeness (QED) is 0.448. The number of nitrogens with zero attached hydrogens (tertiary/aromatic N) is 3. The first-order chi connectivity index (χ1) is 14.1. The fraction of sp³-hybridized carbons (Fsp3) is 0.200. The van der Waals surface area contributed by atoms with E-state index in [2.05, 4.69) is 15.4 Å². The number of amides is 1. The molecular formula is C20H20N4O4S. The number of carbonyl (C=O) groups is 2. The molecular weight excluding hydrogens is 392 g/mol. The van der Waals surface area contributed by atoms with E-state index in [1.54, 1.807) is 29.1 Å². The SMILES string of the molecule is COC(=O)c1nn(CCc2ccccc2)cc1NC(=O)C[S+]([O-])c1ccccn1. The predicted molar refractivity (Wildman–Crippen MR) is 108 cm³/mol. The molecule has 1 N–H and O–H groups in total. The van der Waals surface area contributed by atoms with Crippen LogP contribution in [0.3, 0.4) is 0 Å². The zero-order chi connectivity index (χ0) is 20.6. The number of esters is 1. The Balaban J connectivity index is 1.68. The molecule has 3 rings (SSSR count). The second-order valence-corrected chi connectivity index (χ2v) is 7.49. The lowest BCUT2D eigenvalue weighted by Crippen LogP contribution is -2.24. The minimum Gasteiger partial charge on any atom is -0.610 e. The van der Waals surface area contributed by atoms with Gasteiger partial charge in [0.15, 0.2) is 11.4 Å². The van der Waals surface area contributed by atoms with Gasteiger partial charge in [-0.1, -0.05) is 36.4 Å². The summed E-state index contributed by atoms with van der Waals surface area (Å²) in [5.41, 5.74) is 1.34. The highest BCUT2D eigenvalue weighted by Gasteiger charge is 2.22. The zero-order valence-corrected chi connectivity index (χ0v) is 16.6. The molecule has 1 unspecified atom stereocenters. The average molecular weight is 412 g/mol. The molecule has 0 saturated carbocycles. The van der Waals surface area contributed by atoms with Crippen LogP contribution in [0.15, 0.2) is 66.0 Å². The minimum atomic E-state index is -1.59. The number of carbonyl (C=O) groups excluding carboxylic acids is 2. The van der Waals surface area contributed by atoms with Gasteiger partial charge in [-0.15, -0.1) is 0 Å². The summed E-state index contributed by atoms with van der Waals surface area (Å²) in [7, 11) is 1.24. The molecule has 1 atom stereocenters. The van der Waals surface area contributed by atoms with Gasteiger partial charge in [0, 0.05) is 36.2 Å². The van der Waals surface area contributed by atoms with Gasteiger partial charge >= 0.3 is 5.97 Å². The van der Waals surface area contributed by atoms with Gasteiger partial charge in [0.25, 0.3) is 5.91 Å². The Morgan fingerprint density at radius 2 is 1.93 bits per heavy atom. The summed E-state index contributed by atoms with van der Waals surface area (Å²) >= 11 is -1.59. The van der Waals surface area contributed by atoms with Crippen molar-refractivity contribution < 1.29 is 18.9 Å². The van der Waals surface area contributed by atoms with Crippen LogP contribution in [0.5, 0.6) is 0 Å². The van der Waals surface area contributed by atoms with E-state index < -0.39 is 23.1 Å². The number of nitrogens with one attached hydrogen (secondary N) is 1. The van der Waals surface area contributed by atoms with Crippen molar-refractivity contribution in [3.8, 4) is 0 Å². The Morgan fingerprint density at radius 1 is 1.17 bits per heavy atom. The summed E-state index contributed by atoms with van der Waals surface area (Å²) < 4.78 is 18.6. The highest BCUT2D eigenvalue weighted by Crippen LogP contribution is 2.17.